The third-order valence-corrected chi connectivity index (χ3v) is 2.81. The van der Waals surface area contributed by atoms with Gasteiger partial charge in [0.2, 0.25) is 5.78 Å². The van der Waals surface area contributed by atoms with Crippen molar-refractivity contribution in [2.75, 3.05) is 0 Å². The molecule has 0 saturated carbocycles. The maximum atomic E-state index is 12.3. The first-order chi connectivity index (χ1) is 8.11. The smallest absolute Gasteiger partial charge is 0.211 e. The zero-order valence-electron chi connectivity index (χ0n) is 10.4. The summed E-state index contributed by atoms with van der Waals surface area (Å²) in [6.07, 6.45) is 0.842. The van der Waals surface area contributed by atoms with Crippen molar-refractivity contribution < 1.29 is 4.79 Å². The lowest BCUT2D eigenvalue weighted by Crippen LogP contribution is -2.08. The number of aromatic nitrogens is 2. The first-order valence-corrected chi connectivity index (χ1v) is 5.76. The summed E-state index contributed by atoms with van der Waals surface area (Å²) in [5.74, 6) is 0.0309. The minimum atomic E-state index is 0.0309. The lowest BCUT2D eigenvalue weighted by Gasteiger charge is -2.02. The highest BCUT2D eigenvalue weighted by Gasteiger charge is 2.14. The Hall–Kier alpha value is -1.90. The standard InChI is InChI=1S/C14H16N2O/c1-4-12-9-13(16(3)15-12)14(17)11-7-5-6-10(2)8-11/h5-9H,4H2,1-3H3. The van der Waals surface area contributed by atoms with Gasteiger partial charge in [-0.3, -0.25) is 9.48 Å². The van der Waals surface area contributed by atoms with E-state index in [1.165, 1.54) is 0 Å². The summed E-state index contributed by atoms with van der Waals surface area (Å²) in [6, 6.07) is 9.50. The first-order valence-electron chi connectivity index (χ1n) is 5.76. The summed E-state index contributed by atoms with van der Waals surface area (Å²) >= 11 is 0. The second-order valence-corrected chi connectivity index (χ2v) is 4.20. The number of ketones is 1. The molecular weight excluding hydrogens is 212 g/mol. The predicted octanol–water partition coefficient (Wildman–Crippen LogP) is 2.52. The van der Waals surface area contributed by atoms with Crippen molar-refractivity contribution in [1.82, 2.24) is 9.78 Å². The molecule has 1 heterocycles. The van der Waals surface area contributed by atoms with Crippen molar-refractivity contribution >= 4 is 5.78 Å². The second kappa shape index (κ2) is 4.53. The fourth-order valence-electron chi connectivity index (χ4n) is 1.85. The summed E-state index contributed by atoms with van der Waals surface area (Å²) in [5, 5.41) is 4.29. The summed E-state index contributed by atoms with van der Waals surface area (Å²) < 4.78 is 1.66. The Morgan fingerprint density at radius 2 is 2.12 bits per heavy atom. The molecule has 3 nitrogen and oxygen atoms in total. The highest BCUT2D eigenvalue weighted by atomic mass is 16.1. The van der Waals surface area contributed by atoms with Crippen LogP contribution in [0, 0.1) is 6.92 Å². The summed E-state index contributed by atoms with van der Waals surface area (Å²) in [6.45, 7) is 4.01. The van der Waals surface area contributed by atoms with E-state index >= 15 is 0 Å². The van der Waals surface area contributed by atoms with E-state index in [4.69, 9.17) is 0 Å². The quantitative estimate of drug-likeness (QED) is 0.757. The molecule has 0 aliphatic heterocycles. The third kappa shape index (κ3) is 2.28. The van der Waals surface area contributed by atoms with Crippen LogP contribution in [-0.4, -0.2) is 15.6 Å². The van der Waals surface area contributed by atoms with Crippen molar-refractivity contribution in [2.45, 2.75) is 20.3 Å². The molecule has 0 unspecified atom stereocenters. The van der Waals surface area contributed by atoms with E-state index in [2.05, 4.69) is 5.10 Å². The molecule has 1 aromatic heterocycles. The van der Waals surface area contributed by atoms with E-state index in [0.717, 1.165) is 23.2 Å². The molecule has 0 spiro atoms. The lowest BCUT2D eigenvalue weighted by atomic mass is 10.1. The van der Waals surface area contributed by atoms with Gasteiger partial charge in [-0.15, -0.1) is 0 Å². The molecule has 0 saturated heterocycles. The highest BCUT2D eigenvalue weighted by Crippen LogP contribution is 2.12. The normalized spacial score (nSPS) is 10.5. The van der Waals surface area contributed by atoms with Gasteiger partial charge in [0.05, 0.1) is 5.69 Å². The number of rotatable bonds is 3. The number of carbonyl (C=O) groups is 1. The molecule has 0 atom stereocenters. The highest BCUT2D eigenvalue weighted by molar-refractivity contribution is 6.08. The molecule has 0 N–H and O–H groups in total. The van der Waals surface area contributed by atoms with Crippen LogP contribution in [0.3, 0.4) is 0 Å². The van der Waals surface area contributed by atoms with Gasteiger partial charge >= 0.3 is 0 Å². The van der Waals surface area contributed by atoms with Crippen LogP contribution in [0.2, 0.25) is 0 Å². The number of carbonyl (C=O) groups excluding carboxylic acids is 1. The Balaban J connectivity index is 2.40. The largest absolute Gasteiger partial charge is 0.287 e. The van der Waals surface area contributed by atoms with E-state index in [-0.39, 0.29) is 5.78 Å². The average Bonchev–Trinajstić information content (AvgIpc) is 2.69. The summed E-state index contributed by atoms with van der Waals surface area (Å²) in [5.41, 5.74) is 3.40. The molecule has 2 aromatic rings. The Morgan fingerprint density at radius 1 is 1.35 bits per heavy atom. The van der Waals surface area contributed by atoms with Crippen molar-refractivity contribution in [2.24, 2.45) is 7.05 Å². The summed E-state index contributed by atoms with van der Waals surface area (Å²) in [4.78, 5) is 12.3. The fraction of sp³-hybridized carbons (Fsp3) is 0.286. The van der Waals surface area contributed by atoms with Gasteiger partial charge in [0.1, 0.15) is 5.69 Å². The molecule has 0 radical (unpaired) electrons. The number of benzene rings is 1. The molecule has 2 rings (SSSR count). The monoisotopic (exact) mass is 228 g/mol. The lowest BCUT2D eigenvalue weighted by molar-refractivity contribution is 0.103. The first kappa shape index (κ1) is 11.6. The van der Waals surface area contributed by atoms with E-state index in [1.54, 1.807) is 4.68 Å². The molecule has 17 heavy (non-hydrogen) atoms. The maximum Gasteiger partial charge on any atom is 0.211 e. The molecule has 0 aliphatic rings. The average molecular weight is 228 g/mol. The predicted molar refractivity (Wildman–Crippen MR) is 67.2 cm³/mol. The molecule has 3 heteroatoms. The number of hydrogen-bond acceptors (Lipinski definition) is 2. The number of nitrogens with zero attached hydrogens (tertiary/aromatic N) is 2. The van der Waals surface area contributed by atoms with E-state index < -0.39 is 0 Å². The van der Waals surface area contributed by atoms with Crippen molar-refractivity contribution in [3.8, 4) is 0 Å². The zero-order chi connectivity index (χ0) is 12.4. The van der Waals surface area contributed by atoms with E-state index in [0.29, 0.717) is 5.69 Å². The Morgan fingerprint density at radius 3 is 2.71 bits per heavy atom. The van der Waals surface area contributed by atoms with Gasteiger partial charge in [-0.05, 0) is 25.5 Å². The molecule has 0 fully saturated rings. The van der Waals surface area contributed by atoms with Gasteiger partial charge in [0.15, 0.2) is 0 Å². The zero-order valence-corrected chi connectivity index (χ0v) is 10.4. The topological polar surface area (TPSA) is 34.9 Å². The summed E-state index contributed by atoms with van der Waals surface area (Å²) in [7, 11) is 1.81. The molecular formula is C14H16N2O. The molecule has 88 valence electrons. The molecule has 0 amide bonds. The molecule has 0 bridgehead atoms. The number of aryl methyl sites for hydroxylation is 3. The van der Waals surface area contributed by atoms with E-state index in [9.17, 15) is 4.79 Å². The van der Waals surface area contributed by atoms with Gasteiger partial charge in [-0.1, -0.05) is 30.7 Å². The fourth-order valence-corrected chi connectivity index (χ4v) is 1.85. The minimum Gasteiger partial charge on any atom is -0.287 e. The Bertz CT molecular complexity index is 555. The van der Waals surface area contributed by atoms with Gasteiger partial charge in [-0.25, -0.2) is 0 Å². The van der Waals surface area contributed by atoms with Crippen LogP contribution in [0.15, 0.2) is 30.3 Å². The van der Waals surface area contributed by atoms with Crippen molar-refractivity contribution in [3.63, 3.8) is 0 Å². The van der Waals surface area contributed by atoms with Gasteiger partial charge in [0.25, 0.3) is 0 Å². The SMILES string of the molecule is CCc1cc(C(=O)c2cccc(C)c2)n(C)n1. The van der Waals surface area contributed by atoms with Crippen LogP contribution in [0.5, 0.6) is 0 Å². The van der Waals surface area contributed by atoms with Crippen molar-refractivity contribution in [3.05, 3.63) is 52.8 Å². The van der Waals surface area contributed by atoms with Gasteiger partial charge in [-0.2, -0.15) is 5.10 Å². The van der Waals surface area contributed by atoms with Crippen LogP contribution in [0.25, 0.3) is 0 Å². The van der Waals surface area contributed by atoms with Crippen LogP contribution in [0.1, 0.15) is 34.2 Å². The van der Waals surface area contributed by atoms with Crippen LogP contribution >= 0.6 is 0 Å². The van der Waals surface area contributed by atoms with Gasteiger partial charge in [0, 0.05) is 12.6 Å². The van der Waals surface area contributed by atoms with Crippen LogP contribution in [-0.2, 0) is 13.5 Å². The molecule has 1 aromatic carbocycles. The maximum absolute atomic E-state index is 12.3. The van der Waals surface area contributed by atoms with Crippen molar-refractivity contribution in [1.29, 1.82) is 0 Å². The Labute approximate surface area is 101 Å². The molecule has 0 aliphatic carbocycles. The number of hydrogen-bond donors (Lipinski definition) is 0. The third-order valence-electron chi connectivity index (χ3n) is 2.81. The second-order valence-electron chi connectivity index (χ2n) is 4.20. The van der Waals surface area contributed by atoms with Crippen LogP contribution < -0.4 is 0 Å². The van der Waals surface area contributed by atoms with E-state index in [1.807, 2.05) is 51.2 Å². The minimum absolute atomic E-state index is 0.0309. The van der Waals surface area contributed by atoms with Gasteiger partial charge < -0.3 is 0 Å². The van der Waals surface area contributed by atoms with Crippen LogP contribution in [0.4, 0.5) is 0 Å². The Kier molecular flexibility index (Phi) is 3.09.